The van der Waals surface area contributed by atoms with Crippen molar-refractivity contribution in [2.24, 2.45) is 0 Å². The van der Waals surface area contributed by atoms with Crippen LogP contribution in [-0.2, 0) is 31.5 Å². The molecule has 0 aliphatic heterocycles. The van der Waals surface area contributed by atoms with Crippen molar-refractivity contribution < 1.29 is 38.9 Å². The molecule has 0 spiro atoms. The Labute approximate surface area is 124 Å². The molecule has 1 aromatic carbocycles. The van der Waals surface area contributed by atoms with Gasteiger partial charge in [-0.3, -0.25) is 9.36 Å². The van der Waals surface area contributed by atoms with E-state index in [1.54, 1.807) is 0 Å². The number of rotatable bonds is 6. The Kier molecular flexibility index (Phi) is 5.81. The molecule has 0 saturated heterocycles. The van der Waals surface area contributed by atoms with Gasteiger partial charge < -0.3 is 25.3 Å². The van der Waals surface area contributed by atoms with Crippen molar-refractivity contribution in [1.82, 2.24) is 5.32 Å². The monoisotopic (exact) mass is 331 g/mol. The Bertz CT molecular complexity index is 621. The molecule has 1 aromatic rings. The molecule has 0 aliphatic carbocycles. The summed E-state index contributed by atoms with van der Waals surface area (Å²) in [6, 6.07) is 4.33. The molecule has 9 nitrogen and oxygen atoms in total. The third-order valence-electron chi connectivity index (χ3n) is 2.65. The van der Waals surface area contributed by atoms with Gasteiger partial charge in [-0.2, -0.15) is 0 Å². The lowest BCUT2D eigenvalue weighted by Gasteiger charge is -2.13. The molecule has 0 radical (unpaired) electrons. The van der Waals surface area contributed by atoms with Gasteiger partial charge in [-0.1, -0.05) is 24.3 Å². The van der Waals surface area contributed by atoms with E-state index in [1.807, 2.05) is 5.32 Å². The molecule has 0 unspecified atom stereocenters. The van der Waals surface area contributed by atoms with Gasteiger partial charge in [-0.15, -0.1) is 0 Å². The maximum Gasteiger partial charge on any atom is 0.394 e. The molecule has 5 N–H and O–H groups in total. The highest BCUT2D eigenvalue weighted by atomic mass is 31.2. The van der Waals surface area contributed by atoms with Crippen LogP contribution in [0.2, 0.25) is 0 Å². The molecule has 1 amide bonds. The number of hydrogen-bond donors (Lipinski definition) is 5. The van der Waals surface area contributed by atoms with Gasteiger partial charge >= 0.3 is 25.4 Å². The predicted molar refractivity (Wildman–Crippen MR) is 73.1 cm³/mol. The highest BCUT2D eigenvalue weighted by Crippen LogP contribution is 2.38. The van der Waals surface area contributed by atoms with E-state index in [1.165, 1.54) is 24.3 Å². The van der Waals surface area contributed by atoms with Gasteiger partial charge in [0.2, 0.25) is 0 Å². The zero-order valence-electron chi connectivity index (χ0n) is 11.2. The zero-order chi connectivity index (χ0) is 16.9. The number of aliphatic carboxylic acids is 2. The second-order valence-corrected chi connectivity index (χ2v) is 6.16. The third kappa shape index (κ3) is 6.04. The normalized spacial score (nSPS) is 12.5. The van der Waals surface area contributed by atoms with E-state index in [0.29, 0.717) is 11.1 Å². The minimum absolute atomic E-state index is 0.162. The summed E-state index contributed by atoms with van der Waals surface area (Å²) in [5.41, 5.74) is 0.839. The molecule has 10 heteroatoms. The first kappa shape index (κ1) is 17.8. The van der Waals surface area contributed by atoms with Gasteiger partial charge in [-0.05, 0) is 11.1 Å². The second-order valence-electron chi connectivity index (χ2n) is 4.51. The fourth-order valence-corrected chi connectivity index (χ4v) is 2.36. The molecule has 0 fully saturated rings. The van der Waals surface area contributed by atoms with Crippen LogP contribution < -0.4 is 5.32 Å². The van der Waals surface area contributed by atoms with Crippen LogP contribution >= 0.6 is 7.60 Å². The SMILES string of the molecule is O=C(O)C(=O)N[C@@H](Cc1ccc(CP(=O)(O)O)cc1)C(=O)O. The number of carbonyl (C=O) groups is 3. The fourth-order valence-electron chi connectivity index (χ4n) is 1.67. The van der Waals surface area contributed by atoms with Crippen molar-refractivity contribution in [3.05, 3.63) is 35.4 Å². The summed E-state index contributed by atoms with van der Waals surface area (Å²) in [5, 5.41) is 19.3. The van der Waals surface area contributed by atoms with Crippen molar-refractivity contribution in [3.63, 3.8) is 0 Å². The number of benzene rings is 1. The number of carboxylic acids is 2. The van der Waals surface area contributed by atoms with Gasteiger partial charge in [0.25, 0.3) is 0 Å². The maximum atomic E-state index is 11.0. The lowest BCUT2D eigenvalue weighted by atomic mass is 10.0. The average molecular weight is 331 g/mol. The lowest BCUT2D eigenvalue weighted by molar-refractivity contribution is -0.152. The summed E-state index contributed by atoms with van der Waals surface area (Å²) < 4.78 is 10.9. The van der Waals surface area contributed by atoms with E-state index >= 15 is 0 Å². The minimum Gasteiger partial charge on any atom is -0.480 e. The van der Waals surface area contributed by atoms with Crippen molar-refractivity contribution in [2.75, 3.05) is 0 Å². The molecule has 0 aliphatic rings. The van der Waals surface area contributed by atoms with E-state index in [4.69, 9.17) is 20.0 Å². The van der Waals surface area contributed by atoms with Crippen molar-refractivity contribution in [1.29, 1.82) is 0 Å². The summed E-state index contributed by atoms with van der Waals surface area (Å²) in [7, 11) is -4.19. The number of hydrogen-bond acceptors (Lipinski definition) is 4. The van der Waals surface area contributed by atoms with Crippen LogP contribution in [0.5, 0.6) is 0 Å². The van der Waals surface area contributed by atoms with E-state index in [-0.39, 0.29) is 6.42 Å². The Morgan fingerprint density at radius 2 is 1.55 bits per heavy atom. The van der Waals surface area contributed by atoms with E-state index < -0.39 is 37.6 Å². The van der Waals surface area contributed by atoms with Crippen molar-refractivity contribution in [3.8, 4) is 0 Å². The van der Waals surface area contributed by atoms with Crippen molar-refractivity contribution in [2.45, 2.75) is 18.6 Å². The number of carboxylic acid groups (broad SMARTS) is 2. The first-order valence-electron chi connectivity index (χ1n) is 5.97. The van der Waals surface area contributed by atoms with Crippen molar-refractivity contribution >= 4 is 25.4 Å². The van der Waals surface area contributed by atoms with Crippen LogP contribution in [0.25, 0.3) is 0 Å². The Hall–Kier alpha value is -2.22. The zero-order valence-corrected chi connectivity index (χ0v) is 12.1. The third-order valence-corrected chi connectivity index (χ3v) is 3.43. The molecule has 0 heterocycles. The summed E-state index contributed by atoms with van der Waals surface area (Å²) in [6.07, 6.45) is -0.601. The molecule has 22 heavy (non-hydrogen) atoms. The Morgan fingerprint density at radius 1 is 1.05 bits per heavy atom. The minimum atomic E-state index is -4.19. The quantitative estimate of drug-likeness (QED) is 0.346. The van der Waals surface area contributed by atoms with Crippen LogP contribution in [0.4, 0.5) is 0 Å². The predicted octanol–water partition coefficient (Wildman–Crippen LogP) is -0.439. The highest BCUT2D eigenvalue weighted by Gasteiger charge is 2.23. The molecule has 0 bridgehead atoms. The summed E-state index contributed by atoms with van der Waals surface area (Å²) in [4.78, 5) is 50.1. The topological polar surface area (TPSA) is 161 Å². The van der Waals surface area contributed by atoms with E-state index in [2.05, 4.69) is 0 Å². The summed E-state index contributed by atoms with van der Waals surface area (Å²) in [6.45, 7) is 0. The fraction of sp³-hybridized carbons (Fsp3) is 0.250. The van der Waals surface area contributed by atoms with Crippen LogP contribution in [0, 0.1) is 0 Å². The summed E-state index contributed by atoms with van der Waals surface area (Å²) in [5.74, 6) is -4.61. The van der Waals surface area contributed by atoms with Gasteiger partial charge in [0.05, 0.1) is 6.16 Å². The lowest BCUT2D eigenvalue weighted by Crippen LogP contribution is -2.45. The first-order chi connectivity index (χ1) is 10.1. The van der Waals surface area contributed by atoms with Crippen LogP contribution in [-0.4, -0.2) is 43.9 Å². The smallest absolute Gasteiger partial charge is 0.394 e. The molecule has 0 aromatic heterocycles. The molecular weight excluding hydrogens is 317 g/mol. The van der Waals surface area contributed by atoms with Gasteiger partial charge in [-0.25, -0.2) is 9.59 Å². The molecule has 0 saturated carbocycles. The Morgan fingerprint density at radius 3 is 1.95 bits per heavy atom. The summed E-state index contributed by atoms with van der Waals surface area (Å²) >= 11 is 0. The molecular formula is C12H14NO8P. The number of amides is 1. The number of carbonyl (C=O) groups excluding carboxylic acids is 1. The largest absolute Gasteiger partial charge is 0.480 e. The maximum absolute atomic E-state index is 11.0. The second kappa shape index (κ2) is 7.17. The van der Waals surface area contributed by atoms with Gasteiger partial charge in [0.1, 0.15) is 6.04 Å². The number of nitrogens with one attached hydrogen (secondary N) is 1. The van der Waals surface area contributed by atoms with Crippen LogP contribution in [0.1, 0.15) is 11.1 Å². The van der Waals surface area contributed by atoms with E-state index in [9.17, 15) is 18.9 Å². The van der Waals surface area contributed by atoms with Gasteiger partial charge in [0, 0.05) is 6.42 Å². The van der Waals surface area contributed by atoms with Crippen LogP contribution in [0.15, 0.2) is 24.3 Å². The molecule has 1 rings (SSSR count). The average Bonchev–Trinajstić information content (AvgIpc) is 2.38. The standard InChI is InChI=1S/C12H14NO8P/c14-10(12(17)18)13-9(11(15)16)5-7-1-3-8(4-2-7)6-22(19,20)21/h1-4,9H,5-6H2,(H,13,14)(H,15,16)(H,17,18)(H2,19,20,21)/t9-/m0/s1. The Balaban J connectivity index is 2.78. The molecule has 120 valence electrons. The van der Waals surface area contributed by atoms with Crippen LogP contribution in [0.3, 0.4) is 0 Å². The molecule has 1 atom stereocenters. The first-order valence-corrected chi connectivity index (χ1v) is 7.77. The van der Waals surface area contributed by atoms with E-state index in [0.717, 1.165) is 0 Å². The highest BCUT2D eigenvalue weighted by molar-refractivity contribution is 7.50. The van der Waals surface area contributed by atoms with Gasteiger partial charge in [0.15, 0.2) is 0 Å².